The second kappa shape index (κ2) is 28.1. The van der Waals surface area contributed by atoms with Gasteiger partial charge in [0.1, 0.15) is 5.76 Å². The van der Waals surface area contributed by atoms with Crippen molar-refractivity contribution in [1.82, 2.24) is 20.5 Å². The van der Waals surface area contributed by atoms with Crippen LogP contribution >= 0.6 is 0 Å². The van der Waals surface area contributed by atoms with Gasteiger partial charge in [-0.3, -0.25) is 4.98 Å². The Labute approximate surface area is 266 Å². The summed E-state index contributed by atoms with van der Waals surface area (Å²) in [6.45, 7) is 23.4. The van der Waals surface area contributed by atoms with Crippen LogP contribution in [0.3, 0.4) is 0 Å². The standard InChI is InChI=1S/C16H29N3O2.C12H19N.C6H4F2.C2H6/c1-7-9-10-18-14(4)19(5)11-15(13(3)21-6)16(12-20)17-8-2;1-3-7-11(8-4-2)12-9-5-6-10-13-12;7-5-3-1-2-4-6(5)8;1-2/h8,17-18,20H,2-4,7,9-12H2,1,5-6H3;5-6,9-11H,3-4,7-8H2,1-2H3;1-4H;1-2H3/b16-15+;;;. The Kier molecular flexibility index (Phi) is 27.2. The van der Waals surface area contributed by atoms with E-state index < -0.39 is 11.6 Å². The molecule has 44 heavy (non-hydrogen) atoms. The van der Waals surface area contributed by atoms with Crippen molar-refractivity contribution in [2.75, 3.05) is 33.9 Å². The van der Waals surface area contributed by atoms with Gasteiger partial charge in [0.25, 0.3) is 0 Å². The summed E-state index contributed by atoms with van der Waals surface area (Å²) in [6.07, 6.45) is 10.7. The lowest BCUT2D eigenvalue weighted by atomic mass is 9.94. The molecular weight excluding hydrogens is 558 g/mol. The van der Waals surface area contributed by atoms with Crippen LogP contribution < -0.4 is 10.6 Å². The van der Waals surface area contributed by atoms with Gasteiger partial charge in [-0.2, -0.15) is 0 Å². The molecule has 1 aromatic heterocycles. The number of likely N-dealkylation sites (N-methyl/N-ethyl adjacent to an activating group) is 1. The predicted octanol–water partition coefficient (Wildman–Crippen LogP) is 8.68. The smallest absolute Gasteiger partial charge is 0.158 e. The molecule has 0 saturated carbocycles. The molecular formula is C36H58F2N4O2. The number of aliphatic hydroxyl groups excluding tert-OH is 1. The second-order valence-electron chi connectivity index (χ2n) is 9.62. The summed E-state index contributed by atoms with van der Waals surface area (Å²) in [7, 11) is 3.48. The van der Waals surface area contributed by atoms with Crippen molar-refractivity contribution in [3.63, 3.8) is 0 Å². The molecule has 0 spiro atoms. The maximum atomic E-state index is 11.9. The fraction of sp³-hybridized carbons (Fsp3) is 0.472. The van der Waals surface area contributed by atoms with Crippen molar-refractivity contribution in [3.05, 3.63) is 115 Å². The molecule has 6 nitrogen and oxygen atoms in total. The lowest BCUT2D eigenvalue weighted by molar-refractivity contribution is 0.284. The average Bonchev–Trinajstić information content (AvgIpc) is 3.05. The molecule has 0 amide bonds. The molecule has 0 bridgehead atoms. The zero-order valence-corrected chi connectivity index (χ0v) is 28.3. The zero-order valence-electron chi connectivity index (χ0n) is 28.3. The van der Waals surface area contributed by atoms with Gasteiger partial charge in [-0.15, -0.1) is 0 Å². The normalized spacial score (nSPS) is 10.3. The lowest BCUT2D eigenvalue weighted by Gasteiger charge is -2.26. The van der Waals surface area contributed by atoms with Crippen molar-refractivity contribution < 1.29 is 18.6 Å². The number of hydrogen-bond acceptors (Lipinski definition) is 6. The van der Waals surface area contributed by atoms with E-state index in [1.165, 1.54) is 49.7 Å². The van der Waals surface area contributed by atoms with Gasteiger partial charge in [0.2, 0.25) is 0 Å². The molecule has 1 heterocycles. The van der Waals surface area contributed by atoms with E-state index in [-0.39, 0.29) is 6.61 Å². The first-order chi connectivity index (χ1) is 21.2. The number of halogens is 2. The maximum Gasteiger partial charge on any atom is 0.158 e. The predicted molar refractivity (Wildman–Crippen MR) is 183 cm³/mol. The van der Waals surface area contributed by atoms with Crippen molar-refractivity contribution in [3.8, 4) is 0 Å². The van der Waals surface area contributed by atoms with Crippen LogP contribution in [0.2, 0.25) is 0 Å². The number of rotatable bonds is 17. The quantitative estimate of drug-likeness (QED) is 0.0939. The Morgan fingerprint density at radius 2 is 1.57 bits per heavy atom. The SMILES string of the molecule is C=CN/C(CO)=C(\CN(C)C(=C)NCCCC)C(=C)OC.CC.CCCC(CCC)c1ccccn1.Fc1ccccc1F. The van der Waals surface area contributed by atoms with Gasteiger partial charge in [-0.1, -0.05) is 91.8 Å². The van der Waals surface area contributed by atoms with Gasteiger partial charge in [0, 0.05) is 49.2 Å². The molecule has 1 aromatic carbocycles. The van der Waals surface area contributed by atoms with E-state index in [4.69, 9.17) is 4.74 Å². The van der Waals surface area contributed by atoms with Gasteiger partial charge in [-0.05, 0) is 49.7 Å². The molecule has 0 radical (unpaired) electrons. The van der Waals surface area contributed by atoms with Crippen LogP contribution in [-0.4, -0.2) is 48.8 Å². The second-order valence-corrected chi connectivity index (χ2v) is 9.62. The third-order valence-corrected chi connectivity index (χ3v) is 6.30. The van der Waals surface area contributed by atoms with Gasteiger partial charge in [0.05, 0.1) is 19.5 Å². The Bertz CT molecular complexity index is 1030. The first-order valence-corrected chi connectivity index (χ1v) is 15.6. The van der Waals surface area contributed by atoms with Crippen LogP contribution in [0.4, 0.5) is 8.78 Å². The van der Waals surface area contributed by atoms with Crippen LogP contribution in [0.5, 0.6) is 0 Å². The Balaban J connectivity index is 0. The monoisotopic (exact) mass is 616 g/mol. The highest BCUT2D eigenvalue weighted by atomic mass is 19.2. The minimum atomic E-state index is -0.799. The fourth-order valence-corrected chi connectivity index (χ4v) is 3.90. The van der Waals surface area contributed by atoms with Crippen molar-refractivity contribution in [1.29, 1.82) is 0 Å². The third-order valence-electron chi connectivity index (χ3n) is 6.30. The maximum absolute atomic E-state index is 11.9. The van der Waals surface area contributed by atoms with Crippen LogP contribution in [0.15, 0.2) is 97.4 Å². The minimum Gasteiger partial charge on any atom is -0.497 e. The molecule has 8 heteroatoms. The summed E-state index contributed by atoms with van der Waals surface area (Å²) in [4.78, 5) is 6.37. The van der Waals surface area contributed by atoms with Crippen molar-refractivity contribution in [2.24, 2.45) is 0 Å². The molecule has 2 rings (SSSR count). The molecule has 0 aliphatic rings. The number of nitrogens with zero attached hydrogens (tertiary/aromatic N) is 2. The fourth-order valence-electron chi connectivity index (χ4n) is 3.90. The molecule has 2 aromatic rings. The highest BCUT2D eigenvalue weighted by Gasteiger charge is 2.14. The highest BCUT2D eigenvalue weighted by Crippen LogP contribution is 2.24. The largest absolute Gasteiger partial charge is 0.497 e. The molecule has 0 unspecified atom stereocenters. The van der Waals surface area contributed by atoms with E-state index in [2.05, 4.69) is 68.3 Å². The molecule has 0 atom stereocenters. The summed E-state index contributed by atoms with van der Waals surface area (Å²) >= 11 is 0. The van der Waals surface area contributed by atoms with Crippen molar-refractivity contribution in [2.45, 2.75) is 79.1 Å². The number of pyridine rings is 1. The highest BCUT2D eigenvalue weighted by molar-refractivity contribution is 5.31. The topological polar surface area (TPSA) is 69.7 Å². The number of aromatic nitrogens is 1. The molecule has 0 saturated heterocycles. The minimum absolute atomic E-state index is 0.146. The summed E-state index contributed by atoms with van der Waals surface area (Å²) in [5.41, 5.74) is 2.66. The number of benzene rings is 1. The van der Waals surface area contributed by atoms with Gasteiger partial charge < -0.3 is 25.4 Å². The Morgan fingerprint density at radius 1 is 1.00 bits per heavy atom. The summed E-state index contributed by atoms with van der Waals surface area (Å²) in [5.74, 6) is 0.401. The molecule has 0 fully saturated rings. The van der Waals surface area contributed by atoms with Crippen LogP contribution in [0, 0.1) is 11.6 Å². The van der Waals surface area contributed by atoms with Gasteiger partial charge in [-0.25, -0.2) is 8.78 Å². The number of hydrogen-bond donors (Lipinski definition) is 3. The Morgan fingerprint density at radius 3 is 1.98 bits per heavy atom. The van der Waals surface area contributed by atoms with E-state index in [9.17, 15) is 13.9 Å². The summed E-state index contributed by atoms with van der Waals surface area (Å²) in [5, 5.41) is 15.7. The summed E-state index contributed by atoms with van der Waals surface area (Å²) in [6, 6.07) is 11.3. The number of methoxy groups -OCH3 is 1. The molecule has 0 aliphatic heterocycles. The van der Waals surface area contributed by atoms with Crippen LogP contribution in [0.1, 0.15) is 84.8 Å². The number of ether oxygens (including phenoxy) is 1. The average molecular weight is 617 g/mol. The van der Waals surface area contributed by atoms with E-state index >= 15 is 0 Å². The van der Waals surface area contributed by atoms with Gasteiger partial charge >= 0.3 is 0 Å². The van der Waals surface area contributed by atoms with E-state index in [1.54, 1.807) is 7.11 Å². The molecule has 0 aliphatic carbocycles. The van der Waals surface area contributed by atoms with E-state index in [0.29, 0.717) is 23.9 Å². The molecule has 3 N–H and O–H groups in total. The Hall–Kier alpha value is -3.65. The van der Waals surface area contributed by atoms with E-state index in [0.717, 1.165) is 42.9 Å². The van der Waals surface area contributed by atoms with Crippen LogP contribution in [-0.2, 0) is 4.74 Å². The zero-order chi connectivity index (χ0) is 33.8. The van der Waals surface area contributed by atoms with Crippen LogP contribution in [0.25, 0.3) is 0 Å². The number of aliphatic hydroxyl groups is 1. The van der Waals surface area contributed by atoms with Crippen molar-refractivity contribution >= 4 is 0 Å². The first-order valence-electron chi connectivity index (χ1n) is 15.6. The number of nitrogens with one attached hydrogen (secondary N) is 2. The van der Waals surface area contributed by atoms with Gasteiger partial charge in [0.15, 0.2) is 11.6 Å². The van der Waals surface area contributed by atoms with E-state index in [1.807, 2.05) is 38.1 Å². The number of unbranched alkanes of at least 4 members (excludes halogenated alkanes) is 1. The summed E-state index contributed by atoms with van der Waals surface area (Å²) < 4.78 is 29.1. The third kappa shape index (κ3) is 18.8. The molecule has 248 valence electrons. The first kappa shape index (κ1) is 42.5. The lowest BCUT2D eigenvalue weighted by Crippen LogP contribution is -2.31.